The number of rotatable bonds is 4. The summed E-state index contributed by atoms with van der Waals surface area (Å²) in [7, 11) is 0. The zero-order chi connectivity index (χ0) is 18.1. The second-order valence-corrected chi connectivity index (χ2v) is 6.11. The fraction of sp³-hybridized carbons (Fsp3) is 0.118. The van der Waals surface area contributed by atoms with Crippen molar-refractivity contribution in [3.8, 4) is 17.1 Å². The first-order valence-corrected chi connectivity index (χ1v) is 8.00. The van der Waals surface area contributed by atoms with E-state index < -0.39 is 12.1 Å². The molecule has 0 aliphatic heterocycles. The van der Waals surface area contributed by atoms with Crippen LogP contribution in [0.5, 0.6) is 5.75 Å². The van der Waals surface area contributed by atoms with Crippen LogP contribution in [0.3, 0.4) is 0 Å². The molecule has 3 aromatic rings. The van der Waals surface area contributed by atoms with Gasteiger partial charge in [0, 0.05) is 5.56 Å². The summed E-state index contributed by atoms with van der Waals surface area (Å²) < 4.78 is 5.27. The van der Waals surface area contributed by atoms with E-state index in [1.165, 1.54) is 19.1 Å². The Labute approximate surface area is 152 Å². The SMILES string of the molecule is CC(Oc1c(Cl)cc(-c2nc3ccccc3c(=O)[nH]2)cc1Cl)C(=O)O. The van der Waals surface area contributed by atoms with Crippen LogP contribution in [0.2, 0.25) is 10.0 Å². The van der Waals surface area contributed by atoms with Crippen LogP contribution in [0.25, 0.3) is 22.3 Å². The highest BCUT2D eigenvalue weighted by atomic mass is 35.5. The molecule has 0 bridgehead atoms. The minimum atomic E-state index is -1.14. The molecule has 1 unspecified atom stereocenters. The van der Waals surface area contributed by atoms with Crippen molar-refractivity contribution in [1.82, 2.24) is 9.97 Å². The van der Waals surface area contributed by atoms with Gasteiger partial charge in [0.25, 0.3) is 5.56 Å². The third kappa shape index (κ3) is 3.45. The van der Waals surface area contributed by atoms with Gasteiger partial charge >= 0.3 is 5.97 Å². The molecule has 0 saturated heterocycles. The van der Waals surface area contributed by atoms with Crippen LogP contribution in [0.4, 0.5) is 0 Å². The molecule has 2 N–H and O–H groups in total. The number of aromatic amines is 1. The molecule has 25 heavy (non-hydrogen) atoms. The molecular formula is C17H12Cl2N2O4. The lowest BCUT2D eigenvalue weighted by atomic mass is 10.2. The van der Waals surface area contributed by atoms with E-state index in [0.29, 0.717) is 22.3 Å². The number of para-hydroxylation sites is 1. The molecule has 0 fully saturated rings. The smallest absolute Gasteiger partial charge is 0.344 e. The maximum absolute atomic E-state index is 12.2. The average molecular weight is 379 g/mol. The fourth-order valence-electron chi connectivity index (χ4n) is 2.26. The predicted octanol–water partition coefficient (Wildman–Crippen LogP) is 3.75. The van der Waals surface area contributed by atoms with E-state index in [1.807, 2.05) is 0 Å². The molecule has 2 aromatic carbocycles. The normalized spacial score (nSPS) is 12.1. The molecule has 1 aromatic heterocycles. The first-order valence-electron chi connectivity index (χ1n) is 7.24. The summed E-state index contributed by atoms with van der Waals surface area (Å²) in [6.45, 7) is 1.37. The number of carboxylic acids is 1. The van der Waals surface area contributed by atoms with E-state index in [0.717, 1.165) is 0 Å². The third-order valence-electron chi connectivity index (χ3n) is 3.53. The van der Waals surface area contributed by atoms with Gasteiger partial charge in [-0.25, -0.2) is 9.78 Å². The monoisotopic (exact) mass is 378 g/mol. The van der Waals surface area contributed by atoms with Gasteiger partial charge in [0.05, 0.1) is 20.9 Å². The van der Waals surface area contributed by atoms with Gasteiger partial charge in [-0.1, -0.05) is 35.3 Å². The molecule has 0 spiro atoms. The Hall–Kier alpha value is -2.57. The van der Waals surface area contributed by atoms with Gasteiger partial charge in [-0.15, -0.1) is 0 Å². The minimum Gasteiger partial charge on any atom is -0.479 e. The van der Waals surface area contributed by atoms with Crippen molar-refractivity contribution in [2.24, 2.45) is 0 Å². The summed E-state index contributed by atoms with van der Waals surface area (Å²) in [4.78, 5) is 30.2. The van der Waals surface area contributed by atoms with Gasteiger partial charge < -0.3 is 14.8 Å². The third-order valence-corrected chi connectivity index (χ3v) is 4.09. The van der Waals surface area contributed by atoms with Crippen LogP contribution in [-0.4, -0.2) is 27.1 Å². The molecule has 8 heteroatoms. The van der Waals surface area contributed by atoms with Crippen molar-refractivity contribution in [3.05, 3.63) is 56.8 Å². The number of nitrogens with zero attached hydrogens (tertiary/aromatic N) is 1. The van der Waals surface area contributed by atoms with E-state index in [2.05, 4.69) is 9.97 Å². The number of aliphatic carboxylic acids is 1. The maximum Gasteiger partial charge on any atom is 0.344 e. The van der Waals surface area contributed by atoms with Crippen LogP contribution in [0.1, 0.15) is 6.92 Å². The van der Waals surface area contributed by atoms with Crippen molar-refractivity contribution >= 4 is 40.1 Å². The van der Waals surface area contributed by atoms with E-state index in [4.69, 9.17) is 33.0 Å². The average Bonchev–Trinajstić information content (AvgIpc) is 2.57. The summed E-state index contributed by atoms with van der Waals surface area (Å²) in [6, 6.07) is 9.94. The number of fused-ring (bicyclic) bond motifs is 1. The summed E-state index contributed by atoms with van der Waals surface area (Å²) >= 11 is 12.3. The first-order chi connectivity index (χ1) is 11.9. The first kappa shape index (κ1) is 17.3. The van der Waals surface area contributed by atoms with Gasteiger partial charge in [-0.05, 0) is 31.2 Å². The van der Waals surface area contributed by atoms with E-state index in [1.54, 1.807) is 24.3 Å². The molecule has 0 amide bonds. The molecule has 128 valence electrons. The second-order valence-electron chi connectivity index (χ2n) is 5.30. The quantitative estimate of drug-likeness (QED) is 0.720. The van der Waals surface area contributed by atoms with Crippen molar-refractivity contribution in [1.29, 1.82) is 0 Å². The number of H-pyrrole nitrogens is 1. The fourth-order valence-corrected chi connectivity index (χ4v) is 2.84. The van der Waals surface area contributed by atoms with Crippen LogP contribution in [-0.2, 0) is 4.79 Å². The number of benzene rings is 2. The number of hydrogen-bond acceptors (Lipinski definition) is 4. The summed E-state index contributed by atoms with van der Waals surface area (Å²) in [5.74, 6) is -0.785. The second kappa shape index (κ2) is 6.74. The van der Waals surface area contributed by atoms with Crippen LogP contribution in [0.15, 0.2) is 41.2 Å². The Morgan fingerprint density at radius 1 is 1.24 bits per heavy atom. The lowest BCUT2D eigenvalue weighted by molar-refractivity contribution is -0.144. The maximum atomic E-state index is 12.2. The number of aromatic nitrogens is 2. The summed E-state index contributed by atoms with van der Waals surface area (Å²) in [6.07, 6.45) is -1.11. The van der Waals surface area contributed by atoms with Crippen molar-refractivity contribution in [2.45, 2.75) is 13.0 Å². The van der Waals surface area contributed by atoms with E-state index in [-0.39, 0.29) is 21.4 Å². The van der Waals surface area contributed by atoms with Gasteiger partial charge in [-0.2, -0.15) is 0 Å². The zero-order valence-corrected chi connectivity index (χ0v) is 14.4. The summed E-state index contributed by atoms with van der Waals surface area (Å²) in [5.41, 5.74) is 0.731. The number of carboxylic acid groups (broad SMARTS) is 1. The molecule has 6 nitrogen and oxygen atoms in total. The Morgan fingerprint density at radius 3 is 2.52 bits per heavy atom. The standard InChI is InChI=1S/C17H12Cl2N2O4/c1-8(17(23)24)25-14-11(18)6-9(7-12(14)19)15-20-13-5-3-2-4-10(13)16(22)21-15/h2-8H,1H3,(H,23,24)(H,20,21,22). The topological polar surface area (TPSA) is 92.3 Å². The van der Waals surface area contributed by atoms with E-state index >= 15 is 0 Å². The molecule has 0 radical (unpaired) electrons. The van der Waals surface area contributed by atoms with Crippen molar-refractivity contribution in [3.63, 3.8) is 0 Å². The largest absolute Gasteiger partial charge is 0.479 e. The Morgan fingerprint density at radius 2 is 1.88 bits per heavy atom. The van der Waals surface area contributed by atoms with Crippen molar-refractivity contribution in [2.75, 3.05) is 0 Å². The highest BCUT2D eigenvalue weighted by molar-refractivity contribution is 6.37. The molecule has 3 rings (SSSR count). The Balaban J connectivity index is 2.07. The lowest BCUT2D eigenvalue weighted by Crippen LogP contribution is -2.23. The molecule has 1 atom stereocenters. The molecule has 0 saturated carbocycles. The number of hydrogen-bond donors (Lipinski definition) is 2. The van der Waals surface area contributed by atoms with Crippen LogP contribution in [0, 0.1) is 0 Å². The molecule has 0 aliphatic rings. The minimum absolute atomic E-state index is 0.0603. The van der Waals surface area contributed by atoms with Gasteiger partial charge in [0.1, 0.15) is 5.82 Å². The molecular weight excluding hydrogens is 367 g/mol. The highest BCUT2D eigenvalue weighted by Crippen LogP contribution is 2.37. The number of nitrogens with one attached hydrogen (secondary N) is 1. The summed E-state index contributed by atoms with van der Waals surface area (Å²) in [5, 5.41) is 9.63. The van der Waals surface area contributed by atoms with Gasteiger partial charge in [-0.3, -0.25) is 4.79 Å². The van der Waals surface area contributed by atoms with E-state index in [9.17, 15) is 9.59 Å². The Bertz CT molecular complexity index is 1010. The predicted molar refractivity (Wildman–Crippen MR) is 95.5 cm³/mol. The number of ether oxygens (including phenoxy) is 1. The zero-order valence-electron chi connectivity index (χ0n) is 12.9. The van der Waals surface area contributed by atoms with Gasteiger partial charge in [0.15, 0.2) is 11.9 Å². The van der Waals surface area contributed by atoms with Crippen LogP contribution < -0.4 is 10.3 Å². The number of halogens is 2. The lowest BCUT2D eigenvalue weighted by Gasteiger charge is -2.14. The van der Waals surface area contributed by atoms with Crippen LogP contribution >= 0.6 is 23.2 Å². The Kier molecular flexibility index (Phi) is 4.65. The molecule has 1 heterocycles. The van der Waals surface area contributed by atoms with Crippen molar-refractivity contribution < 1.29 is 14.6 Å². The number of carbonyl (C=O) groups is 1. The molecule has 0 aliphatic carbocycles. The van der Waals surface area contributed by atoms with Gasteiger partial charge in [0.2, 0.25) is 0 Å². The highest BCUT2D eigenvalue weighted by Gasteiger charge is 2.19.